The van der Waals surface area contributed by atoms with Gasteiger partial charge in [-0.05, 0) is 62.1 Å². The molecule has 3 fully saturated rings. The highest BCUT2D eigenvalue weighted by molar-refractivity contribution is 7.22. The van der Waals surface area contributed by atoms with Crippen molar-refractivity contribution < 1.29 is 36.7 Å². The minimum Gasteiger partial charge on any atom is -0.478 e. The summed E-state index contributed by atoms with van der Waals surface area (Å²) in [6.45, 7) is 1.63. The molecule has 12 heteroatoms. The fraction of sp³-hybridized carbons (Fsp3) is 0.433. The third-order valence-electron chi connectivity index (χ3n) is 8.67. The lowest BCUT2D eigenvalue weighted by molar-refractivity contribution is -0.137. The molecule has 7 nitrogen and oxygen atoms in total. The second kappa shape index (κ2) is 10.3. The number of benzene rings is 2. The van der Waals surface area contributed by atoms with Crippen LogP contribution >= 0.6 is 11.3 Å². The molecule has 3 atom stereocenters. The van der Waals surface area contributed by atoms with Crippen LogP contribution in [0.5, 0.6) is 0 Å². The maximum Gasteiger partial charge on any atom is 0.417 e. The Bertz CT molecular complexity index is 1660. The highest BCUT2D eigenvalue weighted by Gasteiger charge is 2.41. The molecule has 220 valence electrons. The monoisotopic (exact) mass is 601 g/mol. The number of fused-ring (bicyclic) bond motifs is 2. The minimum atomic E-state index is -4.52. The molecule has 2 aromatic carbocycles. The van der Waals surface area contributed by atoms with Crippen molar-refractivity contribution in [3.05, 3.63) is 64.7 Å². The first-order chi connectivity index (χ1) is 20.2. The smallest absolute Gasteiger partial charge is 0.417 e. The van der Waals surface area contributed by atoms with Crippen molar-refractivity contribution in [2.45, 2.75) is 56.9 Å². The number of carboxylic acids is 1. The summed E-state index contributed by atoms with van der Waals surface area (Å²) in [5, 5.41) is 14.0. The molecule has 0 amide bonds. The van der Waals surface area contributed by atoms with E-state index in [4.69, 9.17) is 9.26 Å². The first-order valence-electron chi connectivity index (χ1n) is 14.0. The standard InChI is InChI=1S/C30H27F4N3O4S/c31-23-10-17(28(38)39)11-24-26(23)35-29(42-24)37-12-16-7-8-19(9-18(16)13-37)40-14-21-25(36-41-27(21)15-5-6-15)20-3-1-2-4-22(20)30(32,33)34/h1-4,10-11,15-16,18-19H,5-9,12-14H2,(H,38,39)/t16-,18+,19+/m1/s1. The van der Waals surface area contributed by atoms with Crippen LogP contribution in [0.1, 0.15) is 65.3 Å². The van der Waals surface area contributed by atoms with Gasteiger partial charge in [-0.25, -0.2) is 14.2 Å². The van der Waals surface area contributed by atoms with Gasteiger partial charge in [0.2, 0.25) is 0 Å². The van der Waals surface area contributed by atoms with Crippen LogP contribution < -0.4 is 4.90 Å². The van der Waals surface area contributed by atoms with E-state index in [1.807, 2.05) is 0 Å². The van der Waals surface area contributed by atoms with Gasteiger partial charge in [-0.2, -0.15) is 13.2 Å². The maximum absolute atomic E-state index is 14.5. The van der Waals surface area contributed by atoms with Crippen molar-refractivity contribution in [3.63, 3.8) is 0 Å². The highest BCUT2D eigenvalue weighted by Crippen LogP contribution is 2.47. The number of carbonyl (C=O) groups is 1. The number of thiazole rings is 1. The van der Waals surface area contributed by atoms with E-state index in [2.05, 4.69) is 15.0 Å². The number of anilines is 1. The van der Waals surface area contributed by atoms with Crippen molar-refractivity contribution in [1.29, 1.82) is 0 Å². The summed E-state index contributed by atoms with van der Waals surface area (Å²) in [5.41, 5.74) is 0.118. The normalized spacial score (nSPS) is 22.6. The maximum atomic E-state index is 14.5. The first-order valence-corrected chi connectivity index (χ1v) is 14.8. The number of carboxylic acid groups (broad SMARTS) is 1. The summed E-state index contributed by atoms with van der Waals surface area (Å²) < 4.78 is 68.4. The van der Waals surface area contributed by atoms with E-state index in [0.717, 1.165) is 57.3 Å². The predicted octanol–water partition coefficient (Wildman–Crippen LogP) is 7.51. The van der Waals surface area contributed by atoms with Gasteiger partial charge in [0.05, 0.1) is 28.5 Å². The van der Waals surface area contributed by atoms with Crippen LogP contribution in [0, 0.1) is 17.7 Å². The summed E-state index contributed by atoms with van der Waals surface area (Å²) in [6, 6.07) is 7.87. The molecule has 0 unspecified atom stereocenters. The van der Waals surface area contributed by atoms with E-state index < -0.39 is 23.5 Å². The van der Waals surface area contributed by atoms with Gasteiger partial charge in [-0.3, -0.25) is 0 Å². The molecule has 0 radical (unpaired) electrons. The zero-order chi connectivity index (χ0) is 29.2. The van der Waals surface area contributed by atoms with Crippen LogP contribution in [-0.2, 0) is 17.5 Å². The van der Waals surface area contributed by atoms with Gasteiger partial charge < -0.3 is 19.3 Å². The number of hydrogen-bond donors (Lipinski definition) is 1. The van der Waals surface area contributed by atoms with Crippen molar-refractivity contribution in [1.82, 2.24) is 10.1 Å². The molecule has 2 aromatic heterocycles. The Balaban J connectivity index is 1.06. The molecule has 2 saturated carbocycles. The van der Waals surface area contributed by atoms with Crippen molar-refractivity contribution in [2.75, 3.05) is 18.0 Å². The molecule has 1 aliphatic heterocycles. The zero-order valence-corrected chi connectivity index (χ0v) is 23.2. The fourth-order valence-corrected chi connectivity index (χ4v) is 7.45. The molecule has 3 aliphatic rings. The number of rotatable bonds is 7. The predicted molar refractivity (Wildman–Crippen MR) is 147 cm³/mol. The largest absolute Gasteiger partial charge is 0.478 e. The Labute approximate surface area is 242 Å². The van der Waals surface area contributed by atoms with E-state index in [1.165, 1.54) is 29.5 Å². The van der Waals surface area contributed by atoms with Crippen LogP contribution in [0.15, 0.2) is 40.9 Å². The number of nitrogens with zero attached hydrogens (tertiary/aromatic N) is 3. The van der Waals surface area contributed by atoms with Gasteiger partial charge in [0, 0.05) is 30.1 Å². The second-order valence-corrected chi connectivity index (χ2v) is 12.5. The Kier molecular flexibility index (Phi) is 6.73. The van der Waals surface area contributed by atoms with E-state index in [0.29, 0.717) is 33.0 Å². The Hall–Kier alpha value is -3.51. The molecule has 1 N–H and O–H groups in total. The van der Waals surface area contributed by atoms with Crippen LogP contribution in [0.25, 0.3) is 21.5 Å². The Morgan fingerprint density at radius 1 is 1.12 bits per heavy atom. The van der Waals surface area contributed by atoms with Crippen LogP contribution in [0.2, 0.25) is 0 Å². The summed E-state index contributed by atoms with van der Waals surface area (Å²) in [5.74, 6) is -0.302. The van der Waals surface area contributed by atoms with Crippen LogP contribution in [-0.4, -0.2) is 40.4 Å². The number of hydrogen-bond acceptors (Lipinski definition) is 7. The molecular weight excluding hydrogens is 574 g/mol. The number of alkyl halides is 3. The molecule has 0 spiro atoms. The highest BCUT2D eigenvalue weighted by atomic mass is 32.1. The molecule has 0 bridgehead atoms. The van der Waals surface area contributed by atoms with Gasteiger partial charge in [-0.15, -0.1) is 0 Å². The average molecular weight is 602 g/mol. The fourth-order valence-electron chi connectivity index (χ4n) is 6.41. The molecule has 42 heavy (non-hydrogen) atoms. The average Bonchev–Trinajstić information content (AvgIpc) is 3.37. The molecular formula is C30H27F4N3O4S. The molecule has 7 rings (SSSR count). The Morgan fingerprint density at radius 2 is 1.90 bits per heavy atom. The van der Waals surface area contributed by atoms with E-state index in [9.17, 15) is 27.5 Å². The summed E-state index contributed by atoms with van der Waals surface area (Å²) in [7, 11) is 0. The van der Waals surface area contributed by atoms with Gasteiger partial charge in [0.1, 0.15) is 17.0 Å². The topological polar surface area (TPSA) is 88.7 Å². The summed E-state index contributed by atoms with van der Waals surface area (Å²) in [4.78, 5) is 18.0. The lowest BCUT2D eigenvalue weighted by Crippen LogP contribution is -2.28. The second-order valence-electron chi connectivity index (χ2n) is 11.5. The van der Waals surface area contributed by atoms with Gasteiger partial charge in [0.15, 0.2) is 10.9 Å². The van der Waals surface area contributed by atoms with E-state index in [1.54, 1.807) is 6.07 Å². The van der Waals surface area contributed by atoms with Crippen molar-refractivity contribution in [2.24, 2.45) is 11.8 Å². The molecule has 2 aliphatic carbocycles. The summed E-state index contributed by atoms with van der Waals surface area (Å²) in [6.07, 6.45) is -0.209. The number of ether oxygens (including phenoxy) is 1. The van der Waals surface area contributed by atoms with E-state index >= 15 is 0 Å². The molecule has 1 saturated heterocycles. The SMILES string of the molecule is O=C(O)c1cc(F)c2nc(N3C[C@H]4CC[C@H](OCc5c(-c6ccccc6C(F)(F)F)noc5C5CC5)C[C@H]4C3)sc2c1. The van der Waals surface area contributed by atoms with Crippen molar-refractivity contribution in [3.8, 4) is 11.3 Å². The zero-order valence-electron chi connectivity index (χ0n) is 22.4. The Morgan fingerprint density at radius 3 is 2.67 bits per heavy atom. The third kappa shape index (κ3) is 5.04. The lowest BCUT2D eigenvalue weighted by atomic mass is 9.80. The molecule has 3 heterocycles. The summed E-state index contributed by atoms with van der Waals surface area (Å²) >= 11 is 1.29. The minimum absolute atomic E-state index is 0.00265. The van der Waals surface area contributed by atoms with Gasteiger partial charge >= 0.3 is 12.1 Å². The third-order valence-corrected chi connectivity index (χ3v) is 9.74. The quantitative estimate of drug-likeness (QED) is 0.219. The van der Waals surface area contributed by atoms with Gasteiger partial charge in [0.25, 0.3) is 0 Å². The number of aromatic carboxylic acids is 1. The van der Waals surface area contributed by atoms with Gasteiger partial charge in [-0.1, -0.05) is 34.7 Å². The van der Waals surface area contributed by atoms with Crippen molar-refractivity contribution >= 4 is 32.7 Å². The number of aromatic nitrogens is 2. The van der Waals surface area contributed by atoms with E-state index in [-0.39, 0.29) is 41.0 Å². The lowest BCUT2D eigenvalue weighted by Gasteiger charge is -2.30. The number of halogens is 4. The molecule has 4 aromatic rings. The van der Waals surface area contributed by atoms with Crippen LogP contribution in [0.4, 0.5) is 22.7 Å². The van der Waals surface area contributed by atoms with Crippen LogP contribution in [0.3, 0.4) is 0 Å². The first kappa shape index (κ1) is 27.3.